The molecule has 2 N–H and O–H groups in total. The van der Waals surface area contributed by atoms with Crippen molar-refractivity contribution in [1.29, 1.82) is 0 Å². The summed E-state index contributed by atoms with van der Waals surface area (Å²) in [4.78, 5) is 16.8. The molecular weight excluding hydrogens is 255 g/mol. The Bertz CT molecular complexity index is 229. The molecule has 0 radical (unpaired) electrons. The number of unbranched alkanes of at least 4 members (excludes halogenated alkanes) is 4. The lowest BCUT2D eigenvalue weighted by molar-refractivity contribution is 0.193. The van der Waals surface area contributed by atoms with E-state index in [0.717, 1.165) is 36.3 Å². The van der Waals surface area contributed by atoms with Gasteiger partial charge in [0.2, 0.25) is 0 Å². The first-order valence-corrected chi connectivity index (χ1v) is 7.22. The van der Waals surface area contributed by atoms with E-state index in [-0.39, 0.29) is 6.61 Å². The molecule has 0 saturated heterocycles. The number of phosphoric acid groups is 1. The van der Waals surface area contributed by atoms with Crippen LogP contribution in [0.3, 0.4) is 0 Å². The van der Waals surface area contributed by atoms with Crippen molar-refractivity contribution in [3.8, 4) is 0 Å². The van der Waals surface area contributed by atoms with Crippen molar-refractivity contribution < 1.29 is 18.9 Å². The molecule has 7 heteroatoms. The number of thiol groups is 1. The van der Waals surface area contributed by atoms with Crippen LogP contribution in [0, 0.1) is 0 Å². The zero-order valence-electron chi connectivity index (χ0n) is 8.46. The van der Waals surface area contributed by atoms with Gasteiger partial charge in [-0.1, -0.05) is 31.5 Å². The number of phosphoric ester groups is 1. The Hall–Kier alpha value is 0.550. The topological polar surface area (TPSA) is 66.8 Å². The van der Waals surface area contributed by atoms with Crippen molar-refractivity contribution in [2.45, 2.75) is 38.5 Å². The molecule has 0 heterocycles. The van der Waals surface area contributed by atoms with E-state index in [0.29, 0.717) is 6.42 Å². The molecule has 0 spiro atoms. The summed E-state index contributed by atoms with van der Waals surface area (Å²) in [6, 6.07) is 0. The van der Waals surface area contributed by atoms with Crippen LogP contribution in [0.1, 0.15) is 38.5 Å². The van der Waals surface area contributed by atoms with Gasteiger partial charge >= 0.3 is 7.82 Å². The quantitative estimate of drug-likeness (QED) is 0.261. The highest BCUT2D eigenvalue weighted by molar-refractivity contribution is 8.11. The molecule has 0 unspecified atom stereocenters. The lowest BCUT2D eigenvalue weighted by atomic mass is 10.1. The Morgan fingerprint density at radius 2 is 1.73 bits per heavy atom. The predicted octanol–water partition coefficient (Wildman–Crippen LogP) is 2.69. The molecule has 0 aliphatic carbocycles. The van der Waals surface area contributed by atoms with Crippen LogP contribution in [0.5, 0.6) is 0 Å². The fourth-order valence-electron chi connectivity index (χ4n) is 1.09. The van der Waals surface area contributed by atoms with Crippen molar-refractivity contribution in [2.75, 3.05) is 6.61 Å². The van der Waals surface area contributed by atoms with Crippen molar-refractivity contribution in [2.24, 2.45) is 0 Å². The third-order valence-electron chi connectivity index (χ3n) is 1.79. The highest BCUT2D eigenvalue weighted by Crippen LogP contribution is 2.35. The van der Waals surface area contributed by atoms with Crippen LogP contribution >= 0.6 is 32.7 Å². The first kappa shape index (κ1) is 15.6. The Kier molecular flexibility index (Phi) is 8.99. The zero-order valence-corrected chi connectivity index (χ0v) is 11.1. The Morgan fingerprint density at radius 1 is 1.20 bits per heavy atom. The minimum Gasteiger partial charge on any atom is -0.303 e. The van der Waals surface area contributed by atoms with E-state index in [4.69, 9.17) is 22.0 Å². The van der Waals surface area contributed by atoms with Crippen molar-refractivity contribution in [3.63, 3.8) is 0 Å². The molecule has 0 rings (SSSR count). The monoisotopic (exact) mass is 272 g/mol. The summed E-state index contributed by atoms with van der Waals surface area (Å²) in [5, 5.41) is 0. The van der Waals surface area contributed by atoms with Crippen LogP contribution in [0.4, 0.5) is 0 Å². The maximum Gasteiger partial charge on any atom is 0.469 e. The molecule has 0 saturated carbocycles. The fourth-order valence-corrected chi connectivity index (χ4v) is 1.76. The summed E-state index contributed by atoms with van der Waals surface area (Å²) in [5.74, 6) is 0. The number of thiocarbonyl (C=S) groups is 1. The second-order valence-corrected chi connectivity index (χ2v) is 5.81. The van der Waals surface area contributed by atoms with E-state index in [1.165, 1.54) is 0 Å². The first-order valence-electron chi connectivity index (χ1n) is 4.84. The van der Waals surface area contributed by atoms with Gasteiger partial charge in [-0.15, -0.1) is 12.6 Å². The van der Waals surface area contributed by atoms with Crippen LogP contribution < -0.4 is 0 Å². The van der Waals surface area contributed by atoms with Crippen LogP contribution in [0.2, 0.25) is 0 Å². The van der Waals surface area contributed by atoms with Gasteiger partial charge in [-0.2, -0.15) is 0 Å². The average molecular weight is 272 g/mol. The molecule has 90 valence electrons. The van der Waals surface area contributed by atoms with Gasteiger partial charge in [0.15, 0.2) is 0 Å². The molecule has 0 aliphatic rings. The highest BCUT2D eigenvalue weighted by atomic mass is 32.1. The maximum absolute atomic E-state index is 10.3. The fraction of sp³-hybridized carbons (Fsp3) is 0.875. The van der Waals surface area contributed by atoms with Crippen LogP contribution in [0.25, 0.3) is 0 Å². The second kappa shape index (κ2) is 8.67. The van der Waals surface area contributed by atoms with E-state index >= 15 is 0 Å². The zero-order chi connectivity index (χ0) is 11.7. The number of hydrogen-bond donors (Lipinski definition) is 3. The molecule has 0 amide bonds. The normalized spacial score (nSPS) is 11.7. The molecule has 0 aliphatic heterocycles. The van der Waals surface area contributed by atoms with Gasteiger partial charge in [0.25, 0.3) is 0 Å². The summed E-state index contributed by atoms with van der Waals surface area (Å²) < 4.78 is 15.3. The van der Waals surface area contributed by atoms with E-state index < -0.39 is 7.82 Å². The van der Waals surface area contributed by atoms with Gasteiger partial charge < -0.3 is 9.79 Å². The molecule has 15 heavy (non-hydrogen) atoms. The summed E-state index contributed by atoms with van der Waals surface area (Å²) in [5.41, 5.74) is 0. The van der Waals surface area contributed by atoms with Crippen molar-refractivity contribution in [3.05, 3.63) is 0 Å². The third-order valence-corrected chi connectivity index (χ3v) is 2.74. The minimum absolute atomic E-state index is 0.120. The molecule has 0 bridgehead atoms. The van der Waals surface area contributed by atoms with Gasteiger partial charge in [-0.25, -0.2) is 4.57 Å². The molecular formula is C8H17O4PS2. The van der Waals surface area contributed by atoms with E-state index in [1.54, 1.807) is 0 Å². The van der Waals surface area contributed by atoms with E-state index in [1.807, 2.05) is 0 Å². The van der Waals surface area contributed by atoms with Gasteiger partial charge in [0, 0.05) is 4.20 Å². The lowest BCUT2D eigenvalue weighted by Gasteiger charge is -2.04. The van der Waals surface area contributed by atoms with Crippen LogP contribution in [-0.4, -0.2) is 20.6 Å². The Labute approximate surface area is 101 Å². The standard InChI is InChI=1S/C8H17O4PS2/c9-13(10,11)12-7-5-3-1-2-4-6-8(14)15/h1-7H2,(H,14,15)(H2,9,10,11). The molecule has 0 aromatic carbocycles. The van der Waals surface area contributed by atoms with E-state index in [2.05, 4.69) is 17.2 Å². The van der Waals surface area contributed by atoms with Gasteiger partial charge in [0.1, 0.15) is 0 Å². The predicted molar refractivity (Wildman–Crippen MR) is 67.3 cm³/mol. The van der Waals surface area contributed by atoms with E-state index in [9.17, 15) is 4.57 Å². The van der Waals surface area contributed by atoms with Crippen LogP contribution in [0.15, 0.2) is 0 Å². The SMILES string of the molecule is O=P(O)(O)OCCCCCCCC(=S)S. The van der Waals surface area contributed by atoms with Gasteiger partial charge in [-0.05, 0) is 19.3 Å². The lowest BCUT2D eigenvalue weighted by Crippen LogP contribution is -1.92. The highest BCUT2D eigenvalue weighted by Gasteiger charge is 2.12. The van der Waals surface area contributed by atoms with Crippen molar-refractivity contribution >= 4 is 36.9 Å². The van der Waals surface area contributed by atoms with Crippen LogP contribution in [-0.2, 0) is 9.09 Å². The summed E-state index contributed by atoms with van der Waals surface area (Å²) >= 11 is 8.83. The number of hydrogen-bond acceptors (Lipinski definition) is 3. The molecule has 0 aromatic heterocycles. The number of rotatable bonds is 9. The largest absolute Gasteiger partial charge is 0.469 e. The molecule has 0 atom stereocenters. The molecule has 0 fully saturated rings. The summed E-state index contributed by atoms with van der Waals surface area (Å²) in [6.45, 7) is 0.120. The van der Waals surface area contributed by atoms with Gasteiger partial charge in [-0.3, -0.25) is 4.52 Å². The Balaban J connectivity index is 3.12. The Morgan fingerprint density at radius 3 is 2.27 bits per heavy atom. The molecule has 4 nitrogen and oxygen atoms in total. The van der Waals surface area contributed by atoms with Crippen molar-refractivity contribution in [1.82, 2.24) is 0 Å². The van der Waals surface area contributed by atoms with Gasteiger partial charge in [0.05, 0.1) is 6.61 Å². The summed E-state index contributed by atoms with van der Waals surface area (Å²) in [6.07, 6.45) is 5.58. The minimum atomic E-state index is -4.27. The third kappa shape index (κ3) is 14.6. The molecule has 0 aromatic rings. The second-order valence-electron chi connectivity index (χ2n) is 3.24. The maximum atomic E-state index is 10.3. The average Bonchev–Trinajstić information content (AvgIpc) is 2.07. The first-order chi connectivity index (χ1) is 6.92. The smallest absolute Gasteiger partial charge is 0.303 e. The summed E-state index contributed by atoms with van der Waals surface area (Å²) in [7, 11) is -4.27.